The molecule has 1 amide bonds. The van der Waals surface area contributed by atoms with Crippen molar-refractivity contribution in [3.05, 3.63) is 83.8 Å². The van der Waals surface area contributed by atoms with E-state index in [1.54, 1.807) is 24.5 Å². The Labute approximate surface area is 153 Å². The van der Waals surface area contributed by atoms with E-state index in [2.05, 4.69) is 20.6 Å². The molecule has 1 aromatic carbocycles. The molecule has 138 valence electrons. The van der Waals surface area contributed by atoms with Gasteiger partial charge < -0.3 is 10.6 Å². The fraction of sp³-hybridized carbons (Fsp3) is 0.105. The second-order valence-electron chi connectivity index (χ2n) is 5.64. The molecule has 3 aromatic rings. The molecule has 2 N–H and O–H groups in total. The van der Waals surface area contributed by atoms with Crippen molar-refractivity contribution in [2.24, 2.45) is 0 Å². The number of alkyl halides is 3. The minimum absolute atomic E-state index is 0.104. The van der Waals surface area contributed by atoms with Crippen molar-refractivity contribution in [3.8, 4) is 0 Å². The molecule has 0 aliphatic rings. The average molecular weight is 372 g/mol. The SMILES string of the molecule is O=C(NCc1ccncc1)c1ccc(Nc2ccccc2C(F)(F)F)nc1. The average Bonchev–Trinajstić information content (AvgIpc) is 2.67. The molecule has 5 nitrogen and oxygen atoms in total. The molecule has 0 aliphatic carbocycles. The Hall–Kier alpha value is -3.42. The van der Waals surface area contributed by atoms with Gasteiger partial charge in [0, 0.05) is 25.1 Å². The molecule has 0 atom stereocenters. The van der Waals surface area contributed by atoms with Crippen LogP contribution in [0.3, 0.4) is 0 Å². The van der Waals surface area contributed by atoms with Gasteiger partial charge in [-0.2, -0.15) is 13.2 Å². The summed E-state index contributed by atoms with van der Waals surface area (Å²) in [6.07, 6.45) is 0.0847. The van der Waals surface area contributed by atoms with Gasteiger partial charge in [-0.3, -0.25) is 9.78 Å². The van der Waals surface area contributed by atoms with Gasteiger partial charge in [-0.15, -0.1) is 0 Å². The molecule has 0 unspecified atom stereocenters. The Kier molecular flexibility index (Phi) is 5.35. The molecule has 0 spiro atoms. The van der Waals surface area contributed by atoms with Crippen molar-refractivity contribution in [3.63, 3.8) is 0 Å². The minimum Gasteiger partial charge on any atom is -0.348 e. The molecule has 27 heavy (non-hydrogen) atoms. The second-order valence-corrected chi connectivity index (χ2v) is 5.64. The van der Waals surface area contributed by atoms with E-state index in [4.69, 9.17) is 0 Å². The third kappa shape index (κ3) is 4.81. The molecule has 3 rings (SSSR count). The number of nitrogens with zero attached hydrogens (tertiary/aromatic N) is 2. The third-order valence-corrected chi connectivity index (χ3v) is 3.72. The summed E-state index contributed by atoms with van der Waals surface area (Å²) in [5, 5.41) is 5.37. The topological polar surface area (TPSA) is 66.9 Å². The summed E-state index contributed by atoms with van der Waals surface area (Å²) >= 11 is 0. The maximum absolute atomic E-state index is 13.0. The number of nitrogens with one attached hydrogen (secondary N) is 2. The van der Waals surface area contributed by atoms with Gasteiger partial charge in [-0.1, -0.05) is 12.1 Å². The van der Waals surface area contributed by atoms with E-state index in [9.17, 15) is 18.0 Å². The number of amides is 1. The second kappa shape index (κ2) is 7.86. The molecular weight excluding hydrogens is 357 g/mol. The summed E-state index contributed by atoms with van der Waals surface area (Å²) in [6.45, 7) is 0.334. The summed E-state index contributed by atoms with van der Waals surface area (Å²) < 4.78 is 39.1. The van der Waals surface area contributed by atoms with Crippen LogP contribution in [-0.4, -0.2) is 15.9 Å². The number of aromatic nitrogens is 2. The van der Waals surface area contributed by atoms with Crippen LogP contribution in [0.15, 0.2) is 67.1 Å². The quantitative estimate of drug-likeness (QED) is 0.706. The zero-order valence-corrected chi connectivity index (χ0v) is 14.0. The number of rotatable bonds is 5. The van der Waals surface area contributed by atoms with Crippen molar-refractivity contribution in [2.45, 2.75) is 12.7 Å². The molecule has 0 saturated heterocycles. The van der Waals surface area contributed by atoms with E-state index in [1.807, 2.05) is 0 Å². The molecule has 8 heteroatoms. The first-order chi connectivity index (χ1) is 12.9. The first-order valence-corrected chi connectivity index (χ1v) is 8.00. The summed E-state index contributed by atoms with van der Waals surface area (Å²) in [5.41, 5.74) is 0.311. The van der Waals surface area contributed by atoms with Crippen LogP contribution in [0.5, 0.6) is 0 Å². The Morgan fingerprint density at radius 3 is 2.41 bits per heavy atom. The standard InChI is InChI=1S/C19H15F3N4O/c20-19(21,22)15-3-1-2-4-16(15)26-17-6-5-14(12-24-17)18(27)25-11-13-7-9-23-10-8-13/h1-10,12H,11H2,(H,24,26)(H,25,27). The van der Waals surface area contributed by atoms with Crippen molar-refractivity contribution in [1.29, 1.82) is 0 Å². The first-order valence-electron chi connectivity index (χ1n) is 8.00. The van der Waals surface area contributed by atoms with Crippen LogP contribution in [0.1, 0.15) is 21.5 Å². The van der Waals surface area contributed by atoms with Crippen LogP contribution in [0, 0.1) is 0 Å². The van der Waals surface area contributed by atoms with E-state index in [-0.39, 0.29) is 17.4 Å². The third-order valence-electron chi connectivity index (χ3n) is 3.72. The fourth-order valence-electron chi connectivity index (χ4n) is 2.36. The Balaban J connectivity index is 1.66. The molecule has 2 heterocycles. The Morgan fingerprint density at radius 2 is 1.74 bits per heavy atom. The molecule has 0 radical (unpaired) electrons. The van der Waals surface area contributed by atoms with E-state index in [0.29, 0.717) is 12.1 Å². The number of pyridine rings is 2. The van der Waals surface area contributed by atoms with Crippen LogP contribution in [0.4, 0.5) is 24.7 Å². The van der Waals surface area contributed by atoms with E-state index < -0.39 is 11.7 Å². The molecule has 0 bridgehead atoms. The molecule has 0 fully saturated rings. The van der Waals surface area contributed by atoms with Crippen LogP contribution in [-0.2, 0) is 12.7 Å². The lowest BCUT2D eigenvalue weighted by molar-refractivity contribution is -0.136. The lowest BCUT2D eigenvalue weighted by Crippen LogP contribution is -2.22. The van der Waals surface area contributed by atoms with Gasteiger partial charge in [0.2, 0.25) is 0 Å². The lowest BCUT2D eigenvalue weighted by atomic mass is 10.1. The van der Waals surface area contributed by atoms with Gasteiger partial charge in [0.05, 0.1) is 16.8 Å². The van der Waals surface area contributed by atoms with Crippen LogP contribution in [0.25, 0.3) is 0 Å². The number of hydrogen-bond acceptors (Lipinski definition) is 4. The van der Waals surface area contributed by atoms with E-state index in [0.717, 1.165) is 11.6 Å². The highest BCUT2D eigenvalue weighted by Crippen LogP contribution is 2.35. The number of benzene rings is 1. The Bertz CT molecular complexity index is 912. The molecule has 2 aromatic heterocycles. The summed E-state index contributed by atoms with van der Waals surface area (Å²) in [5.74, 6) is -0.126. The number of para-hydroxylation sites is 1. The van der Waals surface area contributed by atoms with Gasteiger partial charge in [-0.05, 0) is 42.0 Å². The number of hydrogen-bond donors (Lipinski definition) is 2. The van der Waals surface area contributed by atoms with Crippen LogP contribution >= 0.6 is 0 Å². The monoisotopic (exact) mass is 372 g/mol. The van der Waals surface area contributed by atoms with Crippen molar-refractivity contribution < 1.29 is 18.0 Å². The number of carbonyl (C=O) groups is 1. The summed E-state index contributed by atoms with van der Waals surface area (Å²) in [4.78, 5) is 20.1. The van der Waals surface area contributed by atoms with Gasteiger partial charge in [0.25, 0.3) is 5.91 Å². The Morgan fingerprint density at radius 1 is 1.00 bits per heavy atom. The minimum atomic E-state index is -4.48. The van der Waals surface area contributed by atoms with Gasteiger partial charge in [0.15, 0.2) is 0 Å². The maximum atomic E-state index is 13.0. The largest absolute Gasteiger partial charge is 0.418 e. The highest BCUT2D eigenvalue weighted by molar-refractivity contribution is 5.94. The number of anilines is 2. The van der Waals surface area contributed by atoms with Crippen LogP contribution in [0.2, 0.25) is 0 Å². The lowest BCUT2D eigenvalue weighted by Gasteiger charge is -2.14. The highest BCUT2D eigenvalue weighted by Gasteiger charge is 2.33. The smallest absolute Gasteiger partial charge is 0.348 e. The maximum Gasteiger partial charge on any atom is 0.418 e. The van der Waals surface area contributed by atoms with Crippen molar-refractivity contribution >= 4 is 17.4 Å². The first kappa shape index (κ1) is 18.4. The van der Waals surface area contributed by atoms with Gasteiger partial charge >= 0.3 is 6.18 Å². The predicted molar refractivity (Wildman–Crippen MR) is 94.4 cm³/mol. The van der Waals surface area contributed by atoms with Crippen molar-refractivity contribution in [2.75, 3.05) is 5.32 Å². The van der Waals surface area contributed by atoms with Gasteiger partial charge in [0.1, 0.15) is 5.82 Å². The molecular formula is C19H15F3N4O. The van der Waals surface area contributed by atoms with E-state index in [1.165, 1.54) is 36.5 Å². The highest BCUT2D eigenvalue weighted by atomic mass is 19.4. The fourth-order valence-corrected chi connectivity index (χ4v) is 2.36. The van der Waals surface area contributed by atoms with Crippen molar-refractivity contribution in [1.82, 2.24) is 15.3 Å². The van der Waals surface area contributed by atoms with E-state index >= 15 is 0 Å². The van der Waals surface area contributed by atoms with Crippen LogP contribution < -0.4 is 10.6 Å². The molecule has 0 saturated carbocycles. The predicted octanol–water partition coefficient (Wildman–Crippen LogP) is 4.17. The molecule has 0 aliphatic heterocycles. The summed E-state index contributed by atoms with van der Waals surface area (Å²) in [6, 6.07) is 11.6. The normalized spacial score (nSPS) is 11.1. The number of carbonyl (C=O) groups excluding carboxylic acids is 1. The van der Waals surface area contributed by atoms with Gasteiger partial charge in [-0.25, -0.2) is 4.98 Å². The summed E-state index contributed by atoms with van der Waals surface area (Å²) in [7, 11) is 0. The zero-order valence-electron chi connectivity index (χ0n) is 14.0. The zero-order chi connectivity index (χ0) is 19.3. The number of halogens is 3.